The molecule has 196 valence electrons. The summed E-state index contributed by atoms with van der Waals surface area (Å²) in [6, 6.07) is 13.3. The number of amides is 4. The molecule has 0 bridgehead atoms. The first-order valence-electron chi connectivity index (χ1n) is 11.0. The van der Waals surface area contributed by atoms with Crippen LogP contribution in [0.3, 0.4) is 0 Å². The number of carbonyl (C=O) groups is 4. The molecule has 0 aliphatic carbocycles. The van der Waals surface area contributed by atoms with E-state index in [9.17, 15) is 19.2 Å². The monoisotopic (exact) mass is 624 g/mol. The molecule has 2 aliphatic rings. The molecule has 8 nitrogen and oxygen atoms in total. The lowest BCUT2D eigenvalue weighted by Crippen LogP contribution is -2.33. The molecule has 2 saturated heterocycles. The number of nitrogens with one attached hydrogen (secondary N) is 2. The Morgan fingerprint density at radius 3 is 1.37 bits per heavy atom. The first kappa shape index (κ1) is 28.5. The minimum absolute atomic E-state index is 0.00599. The first-order valence-corrected chi connectivity index (χ1v) is 14.3. The fourth-order valence-corrected chi connectivity index (χ4v) is 6.42. The fraction of sp³-hybridized carbons (Fsp3) is 0.167. The topological polar surface area (TPSA) is 98.8 Å². The zero-order valence-corrected chi connectivity index (χ0v) is 24.1. The van der Waals surface area contributed by atoms with Crippen LogP contribution in [-0.2, 0) is 19.2 Å². The molecule has 2 fully saturated rings. The molecule has 2 aliphatic heterocycles. The summed E-state index contributed by atoms with van der Waals surface area (Å²) in [5.41, 5.74) is 1.16. The Kier molecular flexibility index (Phi) is 9.45. The summed E-state index contributed by atoms with van der Waals surface area (Å²) in [6.07, 6.45) is 0.0120. The molecule has 2 aromatic rings. The van der Waals surface area contributed by atoms with Gasteiger partial charge in [-0.25, -0.2) is 0 Å². The van der Waals surface area contributed by atoms with E-state index in [0.717, 1.165) is 23.5 Å². The molecular weight excluding hydrogens is 607 g/mol. The fourth-order valence-electron chi connectivity index (χ4n) is 3.40. The van der Waals surface area contributed by atoms with Gasteiger partial charge >= 0.3 is 0 Å². The van der Waals surface area contributed by atoms with Crippen LogP contribution in [0.15, 0.2) is 58.3 Å². The Balaban J connectivity index is 1.34. The van der Waals surface area contributed by atoms with Crippen LogP contribution >= 0.6 is 71.2 Å². The Labute approximate surface area is 247 Å². The van der Waals surface area contributed by atoms with Crippen LogP contribution in [0.4, 0.5) is 11.4 Å². The Hall–Kier alpha value is -2.48. The molecular formula is C24H18Cl2N4O4S4. The molecule has 14 heteroatoms. The minimum atomic E-state index is -0.458. The molecule has 0 unspecified atom stereocenters. The van der Waals surface area contributed by atoms with E-state index in [4.69, 9.17) is 47.6 Å². The predicted molar refractivity (Wildman–Crippen MR) is 160 cm³/mol. The zero-order chi connectivity index (χ0) is 27.4. The van der Waals surface area contributed by atoms with Crippen LogP contribution in [0, 0.1) is 0 Å². The van der Waals surface area contributed by atoms with E-state index in [1.807, 2.05) is 0 Å². The van der Waals surface area contributed by atoms with Crippen LogP contribution in [0.25, 0.3) is 0 Å². The number of hydrogen-bond donors (Lipinski definition) is 2. The van der Waals surface area contributed by atoms with Crippen LogP contribution < -0.4 is 10.6 Å². The number of anilines is 2. The average Bonchev–Trinajstić information content (AvgIpc) is 3.32. The van der Waals surface area contributed by atoms with Crippen molar-refractivity contribution in [1.29, 1.82) is 0 Å². The number of rotatable bonds is 8. The zero-order valence-electron chi connectivity index (χ0n) is 19.4. The Morgan fingerprint density at radius 1 is 0.684 bits per heavy atom. The summed E-state index contributed by atoms with van der Waals surface area (Å²) < 4.78 is 0.494. The maximum atomic E-state index is 13.1. The quantitative estimate of drug-likeness (QED) is 0.302. The third-order valence-electron chi connectivity index (χ3n) is 5.29. The predicted octanol–water partition coefficient (Wildman–Crippen LogP) is 5.28. The second-order valence-corrected chi connectivity index (χ2v) is 12.1. The van der Waals surface area contributed by atoms with E-state index in [1.165, 1.54) is 9.80 Å². The van der Waals surface area contributed by atoms with Crippen molar-refractivity contribution in [1.82, 2.24) is 9.80 Å². The van der Waals surface area contributed by atoms with Gasteiger partial charge in [0.2, 0.25) is 11.8 Å². The highest BCUT2D eigenvalue weighted by Crippen LogP contribution is 2.42. The van der Waals surface area contributed by atoms with Crippen molar-refractivity contribution in [2.45, 2.75) is 12.8 Å². The van der Waals surface area contributed by atoms with Gasteiger partial charge in [-0.2, -0.15) is 0 Å². The highest BCUT2D eigenvalue weighted by atomic mass is 35.5. The van der Waals surface area contributed by atoms with Gasteiger partial charge in [-0.3, -0.25) is 29.0 Å². The summed E-state index contributed by atoms with van der Waals surface area (Å²) in [5, 5.41) is 6.56. The highest BCUT2D eigenvalue weighted by Gasteiger charge is 2.42. The summed E-state index contributed by atoms with van der Waals surface area (Å²) in [6.45, 7) is 0.109. The van der Waals surface area contributed by atoms with E-state index in [0.29, 0.717) is 21.4 Å². The highest BCUT2D eigenvalue weighted by molar-refractivity contribution is 8.29. The minimum Gasteiger partial charge on any atom is -0.326 e. The lowest BCUT2D eigenvalue weighted by atomic mass is 10.3. The van der Waals surface area contributed by atoms with Crippen LogP contribution in [-0.4, -0.2) is 55.2 Å². The van der Waals surface area contributed by atoms with E-state index >= 15 is 0 Å². The van der Waals surface area contributed by atoms with Gasteiger partial charge < -0.3 is 10.6 Å². The SMILES string of the molecule is O=C(CCN1C(=O)C(=C2SC(=S)N(CCC(=O)Nc3ccc(Cl)cc3)C2=O)SC1=S)Nc1ccc(Cl)cc1. The Bertz CT molecular complexity index is 1260. The van der Waals surface area contributed by atoms with Gasteiger partial charge in [-0.05, 0) is 48.5 Å². The average molecular weight is 626 g/mol. The number of thioether (sulfide) groups is 2. The number of halogens is 2. The lowest BCUT2D eigenvalue weighted by Gasteiger charge is -2.14. The smallest absolute Gasteiger partial charge is 0.267 e. The summed E-state index contributed by atoms with van der Waals surface area (Å²) >= 11 is 24.4. The van der Waals surface area contributed by atoms with Gasteiger partial charge in [0.1, 0.15) is 8.64 Å². The maximum absolute atomic E-state index is 13.1. The second kappa shape index (κ2) is 12.6. The number of thiocarbonyl (C=S) groups is 2. The molecule has 0 atom stereocenters. The van der Waals surface area contributed by atoms with Gasteiger partial charge in [0.05, 0.1) is 9.81 Å². The summed E-state index contributed by atoms with van der Waals surface area (Å²) in [7, 11) is 0. The number of benzene rings is 2. The molecule has 0 aromatic heterocycles. The third-order valence-corrected chi connectivity index (χ3v) is 8.82. The molecule has 0 radical (unpaired) electrons. The van der Waals surface area contributed by atoms with Crippen molar-refractivity contribution in [2.24, 2.45) is 0 Å². The molecule has 2 heterocycles. The maximum Gasteiger partial charge on any atom is 0.267 e. The van der Waals surface area contributed by atoms with E-state index in [1.54, 1.807) is 48.5 Å². The van der Waals surface area contributed by atoms with Crippen molar-refractivity contribution in [3.63, 3.8) is 0 Å². The molecule has 4 rings (SSSR count). The van der Waals surface area contributed by atoms with Gasteiger partial charge in [0.25, 0.3) is 11.8 Å². The molecule has 0 spiro atoms. The van der Waals surface area contributed by atoms with Gasteiger partial charge in [-0.1, -0.05) is 71.2 Å². The standard InChI is InChI=1S/C24H18Cl2N4O4S4/c25-13-1-5-15(6-2-13)27-17(31)9-11-29-21(33)19(37-23(29)35)20-22(34)30(24(36)38-20)12-10-18(32)28-16-7-3-14(26)4-8-16/h1-8H,9-12H2,(H,27,31)(H,28,32). The van der Waals surface area contributed by atoms with Crippen LogP contribution in [0.5, 0.6) is 0 Å². The molecule has 4 amide bonds. The lowest BCUT2D eigenvalue weighted by molar-refractivity contribution is -0.125. The third kappa shape index (κ3) is 6.93. The number of hydrogen-bond acceptors (Lipinski definition) is 8. The van der Waals surface area contributed by atoms with Gasteiger partial charge in [0, 0.05) is 47.4 Å². The number of nitrogens with zero attached hydrogens (tertiary/aromatic N) is 2. The van der Waals surface area contributed by atoms with Gasteiger partial charge in [-0.15, -0.1) is 0 Å². The van der Waals surface area contributed by atoms with E-state index < -0.39 is 11.8 Å². The summed E-state index contributed by atoms with van der Waals surface area (Å²) in [4.78, 5) is 53.7. The first-order chi connectivity index (χ1) is 18.1. The van der Waals surface area contributed by atoms with Gasteiger partial charge in [0.15, 0.2) is 0 Å². The van der Waals surface area contributed by atoms with E-state index in [-0.39, 0.29) is 56.2 Å². The number of carbonyl (C=O) groups excluding carboxylic acids is 4. The van der Waals surface area contributed by atoms with E-state index in [2.05, 4.69) is 10.6 Å². The second-order valence-electron chi connectivity index (χ2n) is 7.92. The largest absolute Gasteiger partial charge is 0.326 e. The van der Waals surface area contributed by atoms with Crippen molar-refractivity contribution in [2.75, 3.05) is 23.7 Å². The van der Waals surface area contributed by atoms with Crippen LogP contribution in [0.2, 0.25) is 10.0 Å². The Morgan fingerprint density at radius 2 is 1.03 bits per heavy atom. The van der Waals surface area contributed by atoms with Crippen LogP contribution in [0.1, 0.15) is 12.8 Å². The van der Waals surface area contributed by atoms with Crippen molar-refractivity contribution in [3.05, 3.63) is 68.4 Å². The molecule has 2 aromatic carbocycles. The molecule has 2 N–H and O–H groups in total. The van der Waals surface area contributed by atoms with Crippen molar-refractivity contribution < 1.29 is 19.2 Å². The van der Waals surface area contributed by atoms with Crippen molar-refractivity contribution >= 4 is 115 Å². The molecule has 38 heavy (non-hydrogen) atoms. The molecule has 0 saturated carbocycles. The normalized spacial score (nSPS) is 17.4. The van der Waals surface area contributed by atoms with Crippen molar-refractivity contribution in [3.8, 4) is 0 Å². The summed E-state index contributed by atoms with van der Waals surface area (Å²) in [5.74, 6) is -1.52.